The Morgan fingerprint density at radius 1 is 0.900 bits per heavy atom. The van der Waals surface area contributed by atoms with Crippen molar-refractivity contribution in [3.05, 3.63) is 65.9 Å². The van der Waals surface area contributed by atoms with E-state index in [0.717, 1.165) is 45.1 Å². The standard InChI is InChI=1S/C20H19N3O3.C10H11NO2.C2HF3O2.C2H5O.Na/c1-4-15-18-13-9-16(25-2)17(26-3)10-14(13)19(21-20(18)23-22-15)11-5-7-12(24)8-6-11;1-12-9-4-3-8(5-6-11)7-10(9)13-2;3-2(4,5)1(6)7;1-2-3;/h5-10,24H,4H2,1-3H3,(H,21,22,23);3-4,7H,5H2,1-2H3;(H,6,7);2H2,1H3;/q;;;-1;+1. The Balaban J connectivity index is 0.000000435. The van der Waals surface area contributed by atoms with E-state index in [-0.39, 0.29) is 41.9 Å². The molecule has 0 spiro atoms. The van der Waals surface area contributed by atoms with Gasteiger partial charge in [0.1, 0.15) is 5.75 Å². The van der Waals surface area contributed by atoms with E-state index in [1.807, 2.05) is 36.4 Å². The number of rotatable bonds is 7. The summed E-state index contributed by atoms with van der Waals surface area (Å²) in [5.41, 5.74) is 4.29. The summed E-state index contributed by atoms with van der Waals surface area (Å²) in [5.74, 6) is 0.105. The van der Waals surface area contributed by atoms with E-state index in [0.29, 0.717) is 35.1 Å². The number of aromatic nitrogens is 3. The molecule has 0 fully saturated rings. The number of alkyl halides is 3. The summed E-state index contributed by atoms with van der Waals surface area (Å²) in [6.07, 6.45) is -3.87. The number of methoxy groups -OCH3 is 4. The number of hydrogen-bond acceptors (Lipinski definition) is 10. The number of carboxylic acids is 1. The monoisotopic (exact) mass is 708 g/mol. The molecule has 5 aromatic rings. The molecule has 12 nitrogen and oxygen atoms in total. The molecule has 2 aromatic heterocycles. The second-order valence-corrected chi connectivity index (χ2v) is 9.63. The Morgan fingerprint density at radius 2 is 1.40 bits per heavy atom. The minimum absolute atomic E-state index is 0. The quantitative estimate of drug-likeness (QED) is 0.212. The fourth-order valence-electron chi connectivity index (χ4n) is 4.36. The van der Waals surface area contributed by atoms with Crippen LogP contribution in [0.5, 0.6) is 28.7 Å². The summed E-state index contributed by atoms with van der Waals surface area (Å²) in [4.78, 5) is 13.7. The van der Waals surface area contributed by atoms with Gasteiger partial charge in [-0.2, -0.15) is 23.5 Å². The van der Waals surface area contributed by atoms with Crippen molar-refractivity contribution in [2.75, 3.05) is 35.0 Å². The molecule has 0 saturated carbocycles. The van der Waals surface area contributed by atoms with E-state index in [4.69, 9.17) is 44.2 Å². The molecule has 16 heteroatoms. The zero-order valence-corrected chi connectivity index (χ0v) is 30.6. The fraction of sp³-hybridized carbons (Fsp3) is 0.294. The van der Waals surface area contributed by atoms with Crippen LogP contribution in [0.15, 0.2) is 54.6 Å². The maximum Gasteiger partial charge on any atom is 1.00 e. The van der Waals surface area contributed by atoms with Crippen molar-refractivity contribution in [2.45, 2.75) is 32.9 Å². The van der Waals surface area contributed by atoms with Gasteiger partial charge in [-0.3, -0.25) is 5.10 Å². The fourth-order valence-corrected chi connectivity index (χ4v) is 4.36. The third-order valence-electron chi connectivity index (χ3n) is 6.56. The predicted octanol–water partition coefficient (Wildman–Crippen LogP) is 2.84. The van der Waals surface area contributed by atoms with Gasteiger partial charge in [-0.25, -0.2) is 9.78 Å². The average Bonchev–Trinajstić information content (AvgIpc) is 3.51. The molecule has 5 rings (SSSR count). The Kier molecular flexibility index (Phi) is 17.9. The SMILES string of the molecule is CC[O-].CCc1[nH]nc2nc(-c3ccc(O)cc3)c3cc(OC)c(OC)cc3c12.COc1ccc(CC#N)cc1OC.O=C(O)C(F)(F)F.[Na+]. The molecule has 50 heavy (non-hydrogen) atoms. The molecular weight excluding hydrogens is 672 g/mol. The average molecular weight is 709 g/mol. The van der Waals surface area contributed by atoms with Crippen LogP contribution in [0.3, 0.4) is 0 Å². The maximum absolute atomic E-state index is 10.6. The number of carbonyl (C=O) groups is 1. The molecule has 3 aromatic carbocycles. The Bertz CT molecular complexity index is 1880. The number of aromatic hydroxyl groups is 1. The number of halogens is 3. The number of fused-ring (bicyclic) bond motifs is 3. The zero-order chi connectivity index (χ0) is 36.7. The topological polar surface area (TPSA) is 183 Å². The van der Waals surface area contributed by atoms with E-state index in [9.17, 15) is 18.3 Å². The predicted molar refractivity (Wildman–Crippen MR) is 174 cm³/mol. The van der Waals surface area contributed by atoms with Gasteiger partial charge in [0.05, 0.1) is 46.6 Å². The van der Waals surface area contributed by atoms with Crippen LogP contribution in [-0.4, -0.2) is 72.6 Å². The van der Waals surface area contributed by atoms with Crippen LogP contribution >= 0.6 is 0 Å². The van der Waals surface area contributed by atoms with Crippen molar-refractivity contribution in [1.82, 2.24) is 15.2 Å². The molecule has 2 heterocycles. The van der Waals surface area contributed by atoms with Crippen LogP contribution < -0.4 is 53.6 Å². The number of phenols is 1. The number of aliphatic carboxylic acids is 1. The van der Waals surface area contributed by atoms with E-state index in [1.165, 1.54) is 0 Å². The maximum atomic E-state index is 10.6. The summed E-state index contributed by atoms with van der Waals surface area (Å²) in [6, 6.07) is 18.4. The third-order valence-corrected chi connectivity index (χ3v) is 6.56. The van der Waals surface area contributed by atoms with E-state index in [2.05, 4.69) is 23.2 Å². The molecule has 0 radical (unpaired) electrons. The number of hydrogen-bond donors (Lipinski definition) is 3. The number of nitrogens with zero attached hydrogens (tertiary/aromatic N) is 3. The first-order valence-corrected chi connectivity index (χ1v) is 14.5. The third kappa shape index (κ3) is 11.4. The molecule has 0 atom stereocenters. The van der Waals surface area contributed by atoms with Gasteiger partial charge in [0.2, 0.25) is 0 Å². The largest absolute Gasteiger partial charge is 1.00 e. The minimum Gasteiger partial charge on any atom is -0.855 e. The van der Waals surface area contributed by atoms with Crippen LogP contribution in [0.25, 0.3) is 33.1 Å². The van der Waals surface area contributed by atoms with Gasteiger partial charge in [0.15, 0.2) is 28.6 Å². The van der Waals surface area contributed by atoms with Gasteiger partial charge in [-0.1, -0.05) is 19.9 Å². The number of pyridine rings is 1. The Hall–Kier alpha value is -4.75. The van der Waals surface area contributed by atoms with Gasteiger partial charge in [-0.05, 0) is 60.5 Å². The number of phenolic OH excluding ortho intramolecular Hbond substituents is 1. The van der Waals surface area contributed by atoms with Gasteiger partial charge in [0.25, 0.3) is 0 Å². The van der Waals surface area contributed by atoms with Crippen LogP contribution in [-0.2, 0) is 17.6 Å². The van der Waals surface area contributed by atoms with Crippen molar-refractivity contribution >= 4 is 27.8 Å². The molecule has 0 saturated heterocycles. The number of carboxylic acid groups (broad SMARTS) is 1. The Morgan fingerprint density at radius 3 is 1.86 bits per heavy atom. The smallest absolute Gasteiger partial charge is 0.855 e. The molecule has 3 N–H and O–H groups in total. The number of benzene rings is 3. The van der Waals surface area contributed by atoms with Gasteiger partial charge in [0, 0.05) is 27.4 Å². The normalized spacial score (nSPS) is 10.1. The molecule has 0 bridgehead atoms. The molecule has 0 aliphatic carbocycles. The minimum atomic E-state index is -5.08. The van der Waals surface area contributed by atoms with Crippen molar-refractivity contribution in [2.24, 2.45) is 0 Å². The molecule has 0 amide bonds. The summed E-state index contributed by atoms with van der Waals surface area (Å²) in [5, 5.41) is 44.5. The van der Waals surface area contributed by atoms with Crippen LogP contribution in [0.4, 0.5) is 13.2 Å². The second kappa shape index (κ2) is 20.7. The second-order valence-electron chi connectivity index (χ2n) is 9.63. The number of aryl methyl sites for hydroxylation is 1. The number of nitrogens with one attached hydrogen (secondary N) is 1. The molecular formula is C34H36F3N4NaO8. The zero-order valence-electron chi connectivity index (χ0n) is 28.6. The van der Waals surface area contributed by atoms with Gasteiger partial charge in [-0.15, -0.1) is 6.61 Å². The van der Waals surface area contributed by atoms with Gasteiger partial charge < -0.3 is 34.3 Å². The van der Waals surface area contributed by atoms with Crippen molar-refractivity contribution in [3.63, 3.8) is 0 Å². The van der Waals surface area contributed by atoms with E-state index >= 15 is 0 Å². The van der Waals surface area contributed by atoms with Crippen LogP contribution in [0.1, 0.15) is 25.1 Å². The first-order chi connectivity index (χ1) is 23.3. The summed E-state index contributed by atoms with van der Waals surface area (Å²) >= 11 is 0. The summed E-state index contributed by atoms with van der Waals surface area (Å²) in [6.45, 7) is 3.65. The summed E-state index contributed by atoms with van der Waals surface area (Å²) in [7, 11) is 6.40. The molecule has 0 aliphatic rings. The Labute approximate surface area is 308 Å². The van der Waals surface area contributed by atoms with Crippen LogP contribution in [0.2, 0.25) is 0 Å². The first-order valence-electron chi connectivity index (χ1n) is 14.5. The van der Waals surface area contributed by atoms with Gasteiger partial charge >= 0.3 is 41.7 Å². The number of H-pyrrole nitrogens is 1. The van der Waals surface area contributed by atoms with Crippen molar-refractivity contribution < 1.29 is 81.8 Å². The van der Waals surface area contributed by atoms with E-state index in [1.54, 1.807) is 53.6 Å². The molecule has 0 aliphatic heterocycles. The van der Waals surface area contributed by atoms with E-state index < -0.39 is 12.1 Å². The number of aromatic amines is 1. The van der Waals surface area contributed by atoms with Crippen molar-refractivity contribution in [1.29, 1.82) is 5.26 Å². The molecule has 0 unspecified atom stereocenters. The first kappa shape index (κ1) is 43.3. The molecule has 262 valence electrons. The summed E-state index contributed by atoms with van der Waals surface area (Å²) < 4.78 is 52.9. The number of ether oxygens (including phenoxy) is 4. The van der Waals surface area contributed by atoms with Crippen molar-refractivity contribution in [3.8, 4) is 46.1 Å². The van der Waals surface area contributed by atoms with Crippen LogP contribution in [0, 0.1) is 11.3 Å². The number of nitriles is 1.